The molecule has 4 heteroatoms. The van der Waals surface area contributed by atoms with Crippen LogP contribution in [0.1, 0.15) is 33.6 Å². The number of amides is 2. The van der Waals surface area contributed by atoms with Crippen LogP contribution in [0.4, 0.5) is 0 Å². The number of carbonyl (C=O) groups is 2. The van der Waals surface area contributed by atoms with Crippen LogP contribution in [0.2, 0.25) is 0 Å². The normalized spacial score (nSPS) is 31.6. The van der Waals surface area contributed by atoms with Crippen molar-refractivity contribution in [2.24, 2.45) is 11.3 Å². The van der Waals surface area contributed by atoms with Gasteiger partial charge >= 0.3 is 0 Å². The van der Waals surface area contributed by atoms with E-state index < -0.39 is 0 Å². The summed E-state index contributed by atoms with van der Waals surface area (Å²) in [5, 5.41) is 2.88. The molecule has 1 N–H and O–H groups in total. The fourth-order valence-electron chi connectivity index (χ4n) is 2.34. The molecule has 0 bridgehead atoms. The zero-order valence-electron chi connectivity index (χ0n) is 10.4. The highest BCUT2D eigenvalue weighted by atomic mass is 16.2. The lowest BCUT2D eigenvalue weighted by Gasteiger charge is -2.41. The maximum Gasteiger partial charge on any atom is 0.246 e. The van der Waals surface area contributed by atoms with Crippen molar-refractivity contribution in [3.63, 3.8) is 0 Å². The van der Waals surface area contributed by atoms with Crippen LogP contribution >= 0.6 is 0 Å². The molecule has 0 aromatic heterocycles. The van der Waals surface area contributed by atoms with E-state index >= 15 is 0 Å². The summed E-state index contributed by atoms with van der Waals surface area (Å²) in [5.41, 5.74) is -0.227. The highest BCUT2D eigenvalue weighted by Gasteiger charge is 2.48. The van der Waals surface area contributed by atoms with E-state index in [1.165, 1.54) is 0 Å². The fourth-order valence-corrected chi connectivity index (χ4v) is 2.34. The predicted molar refractivity (Wildman–Crippen MR) is 60.7 cm³/mol. The van der Waals surface area contributed by atoms with Crippen molar-refractivity contribution >= 4 is 11.8 Å². The Morgan fingerprint density at radius 2 is 1.81 bits per heavy atom. The monoisotopic (exact) mass is 224 g/mol. The molecular formula is C12H20N2O2. The quantitative estimate of drug-likeness (QED) is 0.715. The van der Waals surface area contributed by atoms with Crippen LogP contribution in [-0.4, -0.2) is 35.8 Å². The van der Waals surface area contributed by atoms with Gasteiger partial charge in [0, 0.05) is 7.05 Å². The standard InChI is InChI=1S/C12H20N2O2/c1-12(2,3)9-11(16)14(4)8(7-5-6-7)10(15)13-9/h7-9H,5-6H2,1-4H3,(H,13,15). The van der Waals surface area contributed by atoms with E-state index in [0.29, 0.717) is 5.92 Å². The van der Waals surface area contributed by atoms with E-state index in [-0.39, 0.29) is 29.3 Å². The second kappa shape index (κ2) is 3.47. The van der Waals surface area contributed by atoms with Gasteiger partial charge in [0.15, 0.2) is 0 Å². The van der Waals surface area contributed by atoms with Gasteiger partial charge in [0.25, 0.3) is 0 Å². The molecule has 4 nitrogen and oxygen atoms in total. The summed E-state index contributed by atoms with van der Waals surface area (Å²) < 4.78 is 0. The number of hydrogen-bond acceptors (Lipinski definition) is 2. The largest absolute Gasteiger partial charge is 0.342 e. The zero-order valence-corrected chi connectivity index (χ0v) is 10.4. The lowest BCUT2D eigenvalue weighted by atomic mass is 9.83. The van der Waals surface area contributed by atoms with Crippen LogP contribution in [0.15, 0.2) is 0 Å². The van der Waals surface area contributed by atoms with E-state index in [0.717, 1.165) is 12.8 Å². The molecule has 2 amide bonds. The maximum absolute atomic E-state index is 12.2. The topological polar surface area (TPSA) is 49.4 Å². The van der Waals surface area contributed by atoms with Crippen molar-refractivity contribution < 1.29 is 9.59 Å². The van der Waals surface area contributed by atoms with Gasteiger partial charge in [0.05, 0.1) is 0 Å². The van der Waals surface area contributed by atoms with E-state index in [9.17, 15) is 9.59 Å². The summed E-state index contributed by atoms with van der Waals surface area (Å²) >= 11 is 0. The Morgan fingerprint density at radius 3 is 2.25 bits per heavy atom. The minimum atomic E-state index is -0.389. The average Bonchev–Trinajstić information content (AvgIpc) is 2.93. The first kappa shape index (κ1) is 11.4. The molecule has 16 heavy (non-hydrogen) atoms. The summed E-state index contributed by atoms with van der Waals surface area (Å²) in [4.78, 5) is 25.8. The van der Waals surface area contributed by atoms with Crippen LogP contribution in [0.25, 0.3) is 0 Å². The number of nitrogens with zero attached hydrogens (tertiary/aromatic N) is 1. The first-order valence-electron chi connectivity index (χ1n) is 5.89. The Morgan fingerprint density at radius 1 is 1.25 bits per heavy atom. The smallest absolute Gasteiger partial charge is 0.246 e. The molecule has 0 spiro atoms. The minimum absolute atomic E-state index is 0.0181. The van der Waals surface area contributed by atoms with E-state index in [1.54, 1.807) is 11.9 Å². The number of carbonyl (C=O) groups excluding carboxylic acids is 2. The SMILES string of the molecule is CN1C(=O)C(C(C)(C)C)NC(=O)C1C1CC1. The van der Waals surface area contributed by atoms with Gasteiger partial charge < -0.3 is 10.2 Å². The molecule has 2 unspecified atom stereocenters. The van der Waals surface area contributed by atoms with Gasteiger partial charge in [-0.1, -0.05) is 20.8 Å². The summed E-state index contributed by atoms with van der Waals surface area (Å²) in [6.07, 6.45) is 2.13. The first-order valence-corrected chi connectivity index (χ1v) is 5.89. The van der Waals surface area contributed by atoms with Crippen molar-refractivity contribution in [2.75, 3.05) is 7.05 Å². The van der Waals surface area contributed by atoms with Gasteiger partial charge in [-0.05, 0) is 24.2 Å². The maximum atomic E-state index is 12.2. The molecule has 2 fully saturated rings. The Kier molecular flexibility index (Phi) is 2.48. The minimum Gasteiger partial charge on any atom is -0.342 e. The van der Waals surface area contributed by atoms with Gasteiger partial charge in [-0.15, -0.1) is 0 Å². The van der Waals surface area contributed by atoms with Gasteiger partial charge in [-0.25, -0.2) is 0 Å². The second-order valence-corrected chi connectivity index (χ2v) is 6.04. The van der Waals surface area contributed by atoms with Gasteiger partial charge in [-0.3, -0.25) is 9.59 Å². The Bertz CT molecular complexity index is 328. The van der Waals surface area contributed by atoms with Crippen molar-refractivity contribution in [3.05, 3.63) is 0 Å². The van der Waals surface area contributed by atoms with Gasteiger partial charge in [0.1, 0.15) is 12.1 Å². The lowest BCUT2D eigenvalue weighted by molar-refractivity contribution is -0.151. The molecule has 2 aliphatic rings. The number of piperazine rings is 1. The molecule has 2 rings (SSSR count). The molecule has 2 atom stereocenters. The zero-order chi connectivity index (χ0) is 12.1. The van der Waals surface area contributed by atoms with Gasteiger partial charge in [-0.2, -0.15) is 0 Å². The summed E-state index contributed by atoms with van der Waals surface area (Å²) in [7, 11) is 1.75. The summed E-state index contributed by atoms with van der Waals surface area (Å²) in [6.45, 7) is 5.92. The van der Waals surface area contributed by atoms with Crippen LogP contribution in [-0.2, 0) is 9.59 Å². The van der Waals surface area contributed by atoms with Crippen molar-refractivity contribution in [1.82, 2.24) is 10.2 Å². The summed E-state index contributed by atoms with van der Waals surface area (Å²) in [5.74, 6) is 0.448. The fraction of sp³-hybridized carbons (Fsp3) is 0.833. The molecule has 90 valence electrons. The Labute approximate surface area is 96.4 Å². The molecule has 0 aromatic carbocycles. The van der Waals surface area contributed by atoms with Crippen molar-refractivity contribution in [3.8, 4) is 0 Å². The van der Waals surface area contributed by atoms with Crippen LogP contribution in [0, 0.1) is 11.3 Å². The van der Waals surface area contributed by atoms with Crippen molar-refractivity contribution in [2.45, 2.75) is 45.7 Å². The lowest BCUT2D eigenvalue weighted by Crippen LogP contribution is -2.66. The Hall–Kier alpha value is -1.06. The third-order valence-electron chi connectivity index (χ3n) is 3.50. The van der Waals surface area contributed by atoms with Crippen LogP contribution in [0.5, 0.6) is 0 Å². The predicted octanol–water partition coefficient (Wildman–Crippen LogP) is 0.768. The molecule has 1 aliphatic carbocycles. The molecule has 1 saturated carbocycles. The number of hydrogen-bond donors (Lipinski definition) is 1. The summed E-state index contributed by atoms with van der Waals surface area (Å²) in [6, 6.07) is -0.619. The molecule has 1 aliphatic heterocycles. The third kappa shape index (κ3) is 1.81. The first-order chi connectivity index (χ1) is 7.32. The molecule has 1 saturated heterocycles. The van der Waals surface area contributed by atoms with E-state index in [2.05, 4.69) is 5.32 Å². The third-order valence-corrected chi connectivity index (χ3v) is 3.50. The highest BCUT2D eigenvalue weighted by molar-refractivity contribution is 5.97. The number of likely N-dealkylation sites (N-methyl/N-ethyl adjacent to an activating group) is 1. The van der Waals surface area contributed by atoms with Gasteiger partial charge in [0.2, 0.25) is 11.8 Å². The Balaban J connectivity index is 2.20. The average molecular weight is 224 g/mol. The van der Waals surface area contributed by atoms with Crippen LogP contribution in [0.3, 0.4) is 0 Å². The van der Waals surface area contributed by atoms with Crippen molar-refractivity contribution in [1.29, 1.82) is 0 Å². The molecule has 0 aromatic rings. The molecular weight excluding hydrogens is 204 g/mol. The number of nitrogens with one attached hydrogen (secondary N) is 1. The molecule has 0 radical (unpaired) electrons. The highest BCUT2D eigenvalue weighted by Crippen LogP contribution is 2.37. The van der Waals surface area contributed by atoms with Crippen LogP contribution < -0.4 is 5.32 Å². The molecule has 1 heterocycles. The second-order valence-electron chi connectivity index (χ2n) is 6.04. The van der Waals surface area contributed by atoms with E-state index in [1.807, 2.05) is 20.8 Å². The van der Waals surface area contributed by atoms with E-state index in [4.69, 9.17) is 0 Å². The number of rotatable bonds is 1.